The molecule has 3 rings (SSSR count). The average molecular weight is 290 g/mol. The Hall–Kier alpha value is -2.26. The summed E-state index contributed by atoms with van der Waals surface area (Å²) in [5.74, 6) is 7.21. The third kappa shape index (κ3) is 2.40. The van der Waals surface area contributed by atoms with Gasteiger partial charge in [-0.25, -0.2) is 15.8 Å². The van der Waals surface area contributed by atoms with E-state index in [-0.39, 0.29) is 0 Å². The van der Waals surface area contributed by atoms with Crippen molar-refractivity contribution < 1.29 is 0 Å². The van der Waals surface area contributed by atoms with E-state index in [1.54, 1.807) is 22.3 Å². The molecule has 0 unspecified atom stereocenters. The van der Waals surface area contributed by atoms with Gasteiger partial charge in [0.05, 0.1) is 11.9 Å². The van der Waals surface area contributed by atoms with Crippen LogP contribution in [0.3, 0.4) is 0 Å². The molecule has 0 aromatic carbocycles. The minimum atomic E-state index is 0.385. The fraction of sp³-hybridized carbons (Fsp3) is 0.273. The highest BCUT2D eigenvalue weighted by Gasteiger charge is 2.10. The normalized spacial score (nSPS) is 10.9. The van der Waals surface area contributed by atoms with Gasteiger partial charge >= 0.3 is 0 Å². The topological polar surface area (TPSA) is 107 Å². The number of aromatic nitrogens is 5. The van der Waals surface area contributed by atoms with E-state index in [2.05, 4.69) is 36.9 Å². The van der Waals surface area contributed by atoms with Crippen molar-refractivity contribution in [3.8, 4) is 0 Å². The number of nitrogens with zero attached hydrogens (tertiary/aromatic N) is 5. The Labute approximate surface area is 119 Å². The minimum absolute atomic E-state index is 0.385. The van der Waals surface area contributed by atoms with Crippen molar-refractivity contribution in [3.05, 3.63) is 23.1 Å². The molecule has 0 saturated heterocycles. The lowest BCUT2D eigenvalue weighted by Gasteiger charge is -2.06. The summed E-state index contributed by atoms with van der Waals surface area (Å²) in [7, 11) is 1.83. The SMILES string of the molecule is Cc1cc2c(NCc3ncn(C)n3)nc(NN)nc2s1. The lowest BCUT2D eigenvalue weighted by molar-refractivity contribution is 0.747. The number of hydrogen-bond acceptors (Lipinski definition) is 8. The smallest absolute Gasteiger partial charge is 0.240 e. The highest BCUT2D eigenvalue weighted by atomic mass is 32.1. The van der Waals surface area contributed by atoms with Crippen molar-refractivity contribution in [2.45, 2.75) is 13.5 Å². The highest BCUT2D eigenvalue weighted by Crippen LogP contribution is 2.29. The van der Waals surface area contributed by atoms with E-state index in [9.17, 15) is 0 Å². The van der Waals surface area contributed by atoms with Gasteiger partial charge in [-0.05, 0) is 13.0 Å². The largest absolute Gasteiger partial charge is 0.362 e. The van der Waals surface area contributed by atoms with Crippen LogP contribution < -0.4 is 16.6 Å². The number of rotatable bonds is 4. The fourth-order valence-electron chi connectivity index (χ4n) is 1.87. The van der Waals surface area contributed by atoms with E-state index in [0.717, 1.165) is 16.0 Å². The molecule has 0 saturated carbocycles. The zero-order chi connectivity index (χ0) is 14.1. The number of nitrogens with one attached hydrogen (secondary N) is 2. The summed E-state index contributed by atoms with van der Waals surface area (Å²) in [6.45, 7) is 2.53. The molecule has 4 N–H and O–H groups in total. The molecule has 0 spiro atoms. The zero-order valence-corrected chi connectivity index (χ0v) is 11.9. The fourth-order valence-corrected chi connectivity index (χ4v) is 2.75. The van der Waals surface area contributed by atoms with Crippen molar-refractivity contribution >= 4 is 33.3 Å². The summed E-state index contributed by atoms with van der Waals surface area (Å²) >= 11 is 1.60. The van der Waals surface area contributed by atoms with Gasteiger partial charge in [-0.2, -0.15) is 10.1 Å². The third-order valence-electron chi connectivity index (χ3n) is 2.71. The van der Waals surface area contributed by atoms with Gasteiger partial charge in [0.15, 0.2) is 5.82 Å². The standard InChI is InChI=1S/C11H14N8S/c1-6-3-7-9(13-4-8-14-5-19(2)18-8)15-11(17-12)16-10(7)20-6/h3,5H,4,12H2,1-2H3,(H2,13,15,16,17). The van der Waals surface area contributed by atoms with E-state index >= 15 is 0 Å². The molecule has 0 bridgehead atoms. The first-order valence-corrected chi connectivity index (χ1v) is 6.80. The Kier molecular flexibility index (Phi) is 3.20. The second-order valence-electron chi connectivity index (χ2n) is 4.30. The molecule has 0 amide bonds. The Bertz CT molecular complexity index is 746. The molecule has 0 aliphatic carbocycles. The number of nitrogen functional groups attached to an aromatic ring is 1. The number of aryl methyl sites for hydroxylation is 2. The molecule has 0 fully saturated rings. The second kappa shape index (κ2) is 5.02. The van der Waals surface area contributed by atoms with Crippen LogP contribution in [0, 0.1) is 6.92 Å². The van der Waals surface area contributed by atoms with E-state index in [1.807, 2.05) is 14.0 Å². The number of anilines is 2. The van der Waals surface area contributed by atoms with E-state index in [0.29, 0.717) is 18.3 Å². The number of thiophene rings is 1. The molecule has 0 aliphatic heterocycles. The molecule has 9 heteroatoms. The molecule has 3 heterocycles. The van der Waals surface area contributed by atoms with Crippen LogP contribution in [0.4, 0.5) is 11.8 Å². The summed E-state index contributed by atoms with van der Waals surface area (Å²) in [6, 6.07) is 2.05. The predicted octanol–water partition coefficient (Wildman–Crippen LogP) is 1.03. The molecule has 8 nitrogen and oxygen atoms in total. The Morgan fingerprint density at radius 1 is 1.40 bits per heavy atom. The van der Waals surface area contributed by atoms with E-state index in [4.69, 9.17) is 5.84 Å². The van der Waals surface area contributed by atoms with Crippen LogP contribution in [0.15, 0.2) is 12.4 Å². The van der Waals surface area contributed by atoms with Gasteiger partial charge in [0.25, 0.3) is 0 Å². The van der Waals surface area contributed by atoms with Crippen molar-refractivity contribution in [3.63, 3.8) is 0 Å². The predicted molar refractivity (Wildman–Crippen MR) is 78.3 cm³/mol. The molecular formula is C11H14N8S. The zero-order valence-electron chi connectivity index (χ0n) is 11.1. The molecule has 20 heavy (non-hydrogen) atoms. The molecular weight excluding hydrogens is 276 g/mol. The molecule has 0 atom stereocenters. The third-order valence-corrected chi connectivity index (χ3v) is 3.65. The van der Waals surface area contributed by atoms with Crippen LogP contribution in [-0.4, -0.2) is 24.7 Å². The Morgan fingerprint density at radius 2 is 2.25 bits per heavy atom. The van der Waals surface area contributed by atoms with Crippen LogP contribution in [-0.2, 0) is 13.6 Å². The first-order chi connectivity index (χ1) is 9.65. The summed E-state index contributed by atoms with van der Waals surface area (Å²) in [6.07, 6.45) is 1.66. The van der Waals surface area contributed by atoms with Gasteiger partial charge in [0.2, 0.25) is 5.95 Å². The quantitative estimate of drug-likeness (QED) is 0.486. The van der Waals surface area contributed by atoms with E-state index < -0.39 is 0 Å². The lowest BCUT2D eigenvalue weighted by Crippen LogP contribution is -2.12. The summed E-state index contributed by atoms with van der Waals surface area (Å²) in [5.41, 5.74) is 2.48. The van der Waals surface area contributed by atoms with Gasteiger partial charge in [-0.1, -0.05) is 0 Å². The Morgan fingerprint density at radius 3 is 2.95 bits per heavy atom. The monoisotopic (exact) mass is 290 g/mol. The first kappa shape index (κ1) is 12.8. The van der Waals surface area contributed by atoms with Gasteiger partial charge < -0.3 is 5.32 Å². The van der Waals surface area contributed by atoms with Gasteiger partial charge in [-0.15, -0.1) is 11.3 Å². The van der Waals surface area contributed by atoms with E-state index in [1.165, 1.54) is 4.88 Å². The number of nitrogens with two attached hydrogens (primary N) is 1. The molecule has 0 radical (unpaired) electrons. The molecule has 104 valence electrons. The Balaban J connectivity index is 1.92. The number of fused-ring (bicyclic) bond motifs is 1. The maximum atomic E-state index is 5.40. The second-order valence-corrected chi connectivity index (χ2v) is 5.54. The molecule has 0 aliphatic rings. The van der Waals surface area contributed by atoms with Crippen LogP contribution >= 0.6 is 11.3 Å². The molecule has 3 aromatic heterocycles. The summed E-state index contributed by atoms with van der Waals surface area (Å²) < 4.78 is 1.66. The first-order valence-electron chi connectivity index (χ1n) is 5.99. The maximum absolute atomic E-state index is 5.40. The van der Waals surface area contributed by atoms with Crippen molar-refractivity contribution in [2.75, 3.05) is 10.7 Å². The highest BCUT2D eigenvalue weighted by molar-refractivity contribution is 7.18. The lowest BCUT2D eigenvalue weighted by atomic mass is 10.3. The average Bonchev–Trinajstić information content (AvgIpc) is 3.00. The van der Waals surface area contributed by atoms with Gasteiger partial charge in [0.1, 0.15) is 17.0 Å². The van der Waals surface area contributed by atoms with Crippen LogP contribution in [0.2, 0.25) is 0 Å². The van der Waals surface area contributed by atoms with Crippen LogP contribution in [0.5, 0.6) is 0 Å². The summed E-state index contributed by atoms with van der Waals surface area (Å²) in [4.78, 5) is 14.9. The summed E-state index contributed by atoms with van der Waals surface area (Å²) in [5, 5.41) is 8.42. The van der Waals surface area contributed by atoms with Crippen molar-refractivity contribution in [1.82, 2.24) is 24.7 Å². The molecule has 3 aromatic rings. The van der Waals surface area contributed by atoms with Crippen molar-refractivity contribution in [2.24, 2.45) is 12.9 Å². The van der Waals surface area contributed by atoms with Crippen molar-refractivity contribution in [1.29, 1.82) is 0 Å². The van der Waals surface area contributed by atoms with Gasteiger partial charge in [0, 0.05) is 11.9 Å². The maximum Gasteiger partial charge on any atom is 0.240 e. The van der Waals surface area contributed by atoms with Gasteiger partial charge in [-0.3, -0.25) is 10.1 Å². The number of hydrogen-bond donors (Lipinski definition) is 3. The number of hydrazine groups is 1. The van der Waals surface area contributed by atoms with Crippen LogP contribution in [0.1, 0.15) is 10.7 Å². The van der Waals surface area contributed by atoms with Crippen LogP contribution in [0.25, 0.3) is 10.2 Å². The minimum Gasteiger partial charge on any atom is -0.362 e.